The highest BCUT2D eigenvalue weighted by atomic mass is 79.9. The molecule has 0 bridgehead atoms. The number of hydrogen-bond donors (Lipinski definition) is 3. The first-order valence-electron chi connectivity index (χ1n) is 9.49. The number of ether oxygens (including phenoxy) is 1. The van der Waals surface area contributed by atoms with Crippen LogP contribution in [-0.4, -0.2) is 29.6 Å². The second-order valence-corrected chi connectivity index (χ2v) is 10.6. The highest BCUT2D eigenvalue weighted by Crippen LogP contribution is 2.39. The molecule has 0 aliphatic carbocycles. The molecule has 0 spiro atoms. The molecule has 6 nitrogen and oxygen atoms in total. The first kappa shape index (κ1) is 24.4. The van der Waals surface area contributed by atoms with Crippen molar-refractivity contribution in [2.24, 2.45) is 0 Å². The Kier molecular flexibility index (Phi) is 7.44. The summed E-state index contributed by atoms with van der Waals surface area (Å²) in [7, 11) is 1.55. The summed E-state index contributed by atoms with van der Waals surface area (Å²) in [6.07, 6.45) is 0. The zero-order valence-electron chi connectivity index (χ0n) is 17.8. The Morgan fingerprint density at radius 3 is 2.50 bits per heavy atom. The van der Waals surface area contributed by atoms with E-state index in [1.807, 2.05) is 32.9 Å². The van der Waals surface area contributed by atoms with Gasteiger partial charge in [-0.1, -0.05) is 23.7 Å². The number of carbonyl (C=O) groups excluding carboxylic acids is 2. The number of anilines is 1. The maximum Gasteiger partial charge on any atom is 0.263 e. The third-order valence-corrected chi connectivity index (χ3v) is 6.81. The smallest absolute Gasteiger partial charge is 0.263 e. The minimum atomic E-state index is -0.389. The molecule has 3 rings (SSSR count). The lowest BCUT2D eigenvalue weighted by molar-refractivity contribution is 0.0922. The van der Waals surface area contributed by atoms with Gasteiger partial charge < -0.3 is 15.4 Å². The van der Waals surface area contributed by atoms with E-state index in [2.05, 4.69) is 31.9 Å². The molecule has 2 aromatic carbocycles. The van der Waals surface area contributed by atoms with Gasteiger partial charge in [0, 0.05) is 16.5 Å². The summed E-state index contributed by atoms with van der Waals surface area (Å²) in [5, 5.41) is 9.86. The van der Waals surface area contributed by atoms with E-state index in [9.17, 15) is 9.59 Å². The van der Waals surface area contributed by atoms with Gasteiger partial charge in [-0.05, 0) is 73.2 Å². The van der Waals surface area contributed by atoms with Crippen LogP contribution in [0.2, 0.25) is 5.02 Å². The topological polar surface area (TPSA) is 79.5 Å². The molecule has 0 saturated heterocycles. The monoisotopic (exact) mass is 553 g/mol. The summed E-state index contributed by atoms with van der Waals surface area (Å²) < 4.78 is 6.60. The van der Waals surface area contributed by atoms with E-state index in [1.165, 1.54) is 11.3 Å². The minimum Gasteiger partial charge on any atom is -0.496 e. The van der Waals surface area contributed by atoms with E-state index >= 15 is 0 Å². The number of fused-ring (bicyclic) bond motifs is 1. The van der Waals surface area contributed by atoms with Gasteiger partial charge in [0.2, 0.25) is 0 Å². The van der Waals surface area contributed by atoms with Crippen molar-refractivity contribution in [2.75, 3.05) is 12.4 Å². The molecular formula is C22H21BrClN3O3S2. The van der Waals surface area contributed by atoms with Crippen LogP contribution >= 0.6 is 51.1 Å². The number of rotatable bonds is 4. The Hall–Kier alpha value is -2.20. The first-order valence-corrected chi connectivity index (χ1v) is 11.9. The van der Waals surface area contributed by atoms with Crippen molar-refractivity contribution in [3.05, 3.63) is 56.3 Å². The molecule has 3 N–H and O–H groups in total. The van der Waals surface area contributed by atoms with Crippen LogP contribution in [0, 0.1) is 0 Å². The zero-order valence-corrected chi connectivity index (χ0v) is 21.7. The summed E-state index contributed by atoms with van der Waals surface area (Å²) in [5.41, 5.74) is 0.672. The second kappa shape index (κ2) is 9.74. The van der Waals surface area contributed by atoms with Crippen molar-refractivity contribution >= 4 is 83.8 Å². The summed E-state index contributed by atoms with van der Waals surface area (Å²) in [5.74, 6) is 0.0119. The fourth-order valence-electron chi connectivity index (χ4n) is 2.87. The highest BCUT2D eigenvalue weighted by Gasteiger charge is 2.22. The Morgan fingerprint density at radius 2 is 1.88 bits per heavy atom. The van der Waals surface area contributed by atoms with Gasteiger partial charge in [-0.3, -0.25) is 14.9 Å². The summed E-state index contributed by atoms with van der Waals surface area (Å²) in [4.78, 5) is 25.6. The van der Waals surface area contributed by atoms with Crippen LogP contribution in [0.4, 0.5) is 5.69 Å². The minimum absolute atomic E-state index is 0.125. The van der Waals surface area contributed by atoms with Crippen LogP contribution in [-0.2, 0) is 0 Å². The predicted molar refractivity (Wildman–Crippen MR) is 138 cm³/mol. The molecule has 0 fully saturated rings. The molecule has 3 aromatic rings. The van der Waals surface area contributed by atoms with Gasteiger partial charge in [0.15, 0.2) is 5.11 Å². The first-order chi connectivity index (χ1) is 15.0. The second-order valence-electron chi connectivity index (χ2n) is 7.89. The van der Waals surface area contributed by atoms with Crippen molar-refractivity contribution in [2.45, 2.75) is 26.3 Å². The van der Waals surface area contributed by atoms with E-state index in [1.54, 1.807) is 31.4 Å². The molecule has 32 heavy (non-hydrogen) atoms. The number of thiophene rings is 1. The summed E-state index contributed by atoms with van der Waals surface area (Å²) in [6, 6.07) is 10.4. The summed E-state index contributed by atoms with van der Waals surface area (Å²) in [6.45, 7) is 5.71. The zero-order chi connectivity index (χ0) is 23.6. The van der Waals surface area contributed by atoms with Crippen LogP contribution < -0.4 is 20.7 Å². The molecule has 2 amide bonds. The predicted octanol–water partition coefficient (Wildman–Crippen LogP) is 5.98. The van der Waals surface area contributed by atoms with E-state index < -0.39 is 0 Å². The number of halogens is 2. The van der Waals surface area contributed by atoms with E-state index in [4.69, 9.17) is 28.6 Å². The van der Waals surface area contributed by atoms with Gasteiger partial charge in [0.05, 0.1) is 27.0 Å². The average Bonchev–Trinajstić information content (AvgIpc) is 3.04. The molecule has 0 aliphatic rings. The number of amides is 2. The van der Waals surface area contributed by atoms with Gasteiger partial charge in [0.1, 0.15) is 10.6 Å². The van der Waals surface area contributed by atoms with Crippen LogP contribution in [0.3, 0.4) is 0 Å². The van der Waals surface area contributed by atoms with Gasteiger partial charge >= 0.3 is 0 Å². The molecule has 1 aromatic heterocycles. The fraction of sp³-hybridized carbons (Fsp3) is 0.227. The molecule has 1 heterocycles. The molecule has 0 unspecified atom stereocenters. The van der Waals surface area contributed by atoms with Crippen LogP contribution in [0.5, 0.6) is 5.75 Å². The molecular weight excluding hydrogens is 534 g/mol. The van der Waals surface area contributed by atoms with E-state index in [-0.39, 0.29) is 22.5 Å². The van der Waals surface area contributed by atoms with E-state index in [0.717, 1.165) is 10.1 Å². The van der Waals surface area contributed by atoms with Crippen molar-refractivity contribution in [1.29, 1.82) is 0 Å². The quantitative estimate of drug-likeness (QED) is 0.346. The molecule has 10 heteroatoms. The number of thiocarbonyl (C=S) groups is 1. The number of carbonyl (C=O) groups is 2. The van der Waals surface area contributed by atoms with Crippen molar-refractivity contribution in [3.63, 3.8) is 0 Å². The molecule has 168 valence electrons. The Balaban J connectivity index is 1.80. The summed E-state index contributed by atoms with van der Waals surface area (Å²) >= 11 is 16.5. The van der Waals surface area contributed by atoms with Gasteiger partial charge in [-0.2, -0.15) is 0 Å². The lowest BCUT2D eigenvalue weighted by Crippen LogP contribution is -2.40. The molecule has 0 atom stereocenters. The fourth-order valence-corrected chi connectivity index (χ4v) is 5.08. The number of methoxy groups -OCH3 is 1. The highest BCUT2D eigenvalue weighted by molar-refractivity contribution is 9.10. The molecule has 0 radical (unpaired) electrons. The normalized spacial score (nSPS) is 11.2. The Bertz CT molecular complexity index is 1220. The number of nitrogens with one attached hydrogen (secondary N) is 3. The largest absolute Gasteiger partial charge is 0.496 e. The molecule has 0 saturated carbocycles. The van der Waals surface area contributed by atoms with Gasteiger partial charge in [-0.15, -0.1) is 11.3 Å². The van der Waals surface area contributed by atoms with Gasteiger partial charge in [0.25, 0.3) is 11.8 Å². The van der Waals surface area contributed by atoms with Crippen molar-refractivity contribution in [1.82, 2.24) is 10.6 Å². The van der Waals surface area contributed by atoms with Crippen LogP contribution in [0.1, 0.15) is 40.8 Å². The van der Waals surface area contributed by atoms with Crippen molar-refractivity contribution < 1.29 is 14.3 Å². The Labute approximate surface area is 208 Å². The third-order valence-electron chi connectivity index (χ3n) is 4.24. The third kappa shape index (κ3) is 5.58. The van der Waals surface area contributed by atoms with Gasteiger partial charge in [-0.25, -0.2) is 0 Å². The maximum atomic E-state index is 12.7. The standard InChI is InChI=1S/C22H21BrClN3O3S2/c1-22(2,3)27-20(29)18-16(24)12-6-5-7-14(17(12)32-18)25-21(31)26-19(28)11-8-9-15(30-4)13(23)10-11/h5-10H,1-4H3,(H,27,29)(H2,25,26,28,31). The maximum absolute atomic E-state index is 12.7. The number of benzene rings is 2. The van der Waals surface area contributed by atoms with Crippen molar-refractivity contribution in [3.8, 4) is 5.75 Å². The SMILES string of the molecule is COc1ccc(C(=O)NC(=S)Nc2cccc3c(Cl)c(C(=O)NC(C)(C)C)sc23)cc1Br. The lowest BCUT2D eigenvalue weighted by Gasteiger charge is -2.19. The van der Waals surface area contributed by atoms with Crippen LogP contribution in [0.15, 0.2) is 40.9 Å². The molecule has 0 aliphatic heterocycles. The van der Waals surface area contributed by atoms with Crippen LogP contribution in [0.25, 0.3) is 10.1 Å². The average molecular weight is 555 g/mol. The Morgan fingerprint density at radius 1 is 1.16 bits per heavy atom. The lowest BCUT2D eigenvalue weighted by atomic mass is 10.1. The number of hydrogen-bond acceptors (Lipinski definition) is 5. The van der Waals surface area contributed by atoms with E-state index in [0.29, 0.717) is 31.4 Å².